The zero-order valence-corrected chi connectivity index (χ0v) is 10.4. The van der Waals surface area contributed by atoms with Crippen LogP contribution in [0.15, 0.2) is 24.3 Å². The van der Waals surface area contributed by atoms with Gasteiger partial charge in [-0.25, -0.2) is 0 Å². The highest BCUT2D eigenvalue weighted by Gasteiger charge is 2.11. The second kappa shape index (κ2) is 6.38. The fraction of sp³-hybridized carbons (Fsp3) is 0.538. The minimum absolute atomic E-state index is 0.214. The number of anilines is 2. The molecule has 0 aliphatic carbocycles. The van der Waals surface area contributed by atoms with Crippen LogP contribution < -0.4 is 10.6 Å². The zero-order valence-electron chi connectivity index (χ0n) is 10.4. The summed E-state index contributed by atoms with van der Waals surface area (Å²) in [6.07, 6.45) is 1.32. The van der Waals surface area contributed by atoms with Crippen LogP contribution in [-0.4, -0.2) is 26.3 Å². The lowest BCUT2D eigenvalue weighted by molar-refractivity contribution is 0.123. The van der Waals surface area contributed by atoms with E-state index in [1.165, 1.54) is 0 Å². The van der Waals surface area contributed by atoms with Gasteiger partial charge in [0.25, 0.3) is 0 Å². The van der Waals surface area contributed by atoms with Gasteiger partial charge in [0.15, 0.2) is 0 Å². The van der Waals surface area contributed by atoms with E-state index in [-0.39, 0.29) is 6.10 Å². The standard InChI is InChI=1S/C13H22N2O/c1-4-9-15(10-11(2)16-3)13-8-6-5-7-12(13)14/h5-8,11H,4,9-10,14H2,1-3H3. The molecule has 0 amide bonds. The summed E-state index contributed by atoms with van der Waals surface area (Å²) in [5, 5.41) is 0. The average Bonchev–Trinajstić information content (AvgIpc) is 2.29. The maximum atomic E-state index is 5.99. The first-order chi connectivity index (χ1) is 7.69. The van der Waals surface area contributed by atoms with Gasteiger partial charge in [0.2, 0.25) is 0 Å². The van der Waals surface area contributed by atoms with Crippen LogP contribution in [0.3, 0.4) is 0 Å². The Kier molecular flexibility index (Phi) is 5.12. The number of methoxy groups -OCH3 is 1. The summed E-state index contributed by atoms with van der Waals surface area (Å²) in [6, 6.07) is 7.98. The maximum absolute atomic E-state index is 5.99. The third-order valence-electron chi connectivity index (χ3n) is 2.65. The van der Waals surface area contributed by atoms with Gasteiger partial charge in [-0.1, -0.05) is 19.1 Å². The van der Waals surface area contributed by atoms with E-state index in [0.29, 0.717) is 0 Å². The number of hydrogen-bond donors (Lipinski definition) is 1. The molecule has 1 aromatic carbocycles. The summed E-state index contributed by atoms with van der Waals surface area (Å²) < 4.78 is 5.31. The van der Waals surface area contributed by atoms with Gasteiger partial charge >= 0.3 is 0 Å². The molecule has 2 N–H and O–H groups in total. The van der Waals surface area contributed by atoms with Crippen molar-refractivity contribution in [3.8, 4) is 0 Å². The number of para-hydroxylation sites is 2. The highest BCUT2D eigenvalue weighted by atomic mass is 16.5. The van der Waals surface area contributed by atoms with Crippen molar-refractivity contribution in [2.45, 2.75) is 26.4 Å². The van der Waals surface area contributed by atoms with E-state index in [1.54, 1.807) is 7.11 Å². The molecule has 0 saturated carbocycles. The van der Waals surface area contributed by atoms with Gasteiger partial charge in [-0.15, -0.1) is 0 Å². The van der Waals surface area contributed by atoms with Crippen molar-refractivity contribution in [2.24, 2.45) is 0 Å². The van der Waals surface area contributed by atoms with Crippen molar-refractivity contribution in [3.63, 3.8) is 0 Å². The second-order valence-corrected chi connectivity index (χ2v) is 4.05. The summed E-state index contributed by atoms with van der Waals surface area (Å²) >= 11 is 0. The summed E-state index contributed by atoms with van der Waals surface area (Å²) in [5.41, 5.74) is 7.92. The van der Waals surface area contributed by atoms with Crippen LogP contribution in [0.5, 0.6) is 0 Å². The Morgan fingerprint density at radius 3 is 2.62 bits per heavy atom. The first-order valence-corrected chi connectivity index (χ1v) is 5.81. The molecule has 90 valence electrons. The van der Waals surface area contributed by atoms with E-state index < -0.39 is 0 Å². The van der Waals surface area contributed by atoms with Crippen molar-refractivity contribution in [2.75, 3.05) is 30.8 Å². The van der Waals surface area contributed by atoms with E-state index in [1.807, 2.05) is 18.2 Å². The number of nitrogen functional groups attached to an aromatic ring is 1. The lowest BCUT2D eigenvalue weighted by atomic mass is 10.2. The summed E-state index contributed by atoms with van der Waals surface area (Å²) in [6.45, 7) is 6.12. The molecule has 1 aromatic rings. The van der Waals surface area contributed by atoms with E-state index >= 15 is 0 Å². The van der Waals surface area contributed by atoms with Crippen molar-refractivity contribution >= 4 is 11.4 Å². The zero-order chi connectivity index (χ0) is 12.0. The minimum Gasteiger partial charge on any atom is -0.397 e. The molecule has 3 nitrogen and oxygen atoms in total. The molecule has 0 bridgehead atoms. The lowest BCUT2D eigenvalue weighted by Crippen LogP contribution is -2.33. The Hall–Kier alpha value is -1.22. The fourth-order valence-corrected chi connectivity index (χ4v) is 1.74. The van der Waals surface area contributed by atoms with Crippen LogP contribution in [0.2, 0.25) is 0 Å². The molecule has 0 radical (unpaired) electrons. The predicted molar refractivity (Wildman–Crippen MR) is 69.8 cm³/mol. The van der Waals surface area contributed by atoms with E-state index in [2.05, 4.69) is 24.8 Å². The normalized spacial score (nSPS) is 12.4. The van der Waals surface area contributed by atoms with Gasteiger partial charge in [-0.3, -0.25) is 0 Å². The van der Waals surface area contributed by atoms with E-state index in [0.717, 1.165) is 30.9 Å². The molecule has 0 fully saturated rings. The number of nitrogens with two attached hydrogens (primary N) is 1. The molecular formula is C13H22N2O. The van der Waals surface area contributed by atoms with Gasteiger partial charge in [-0.05, 0) is 25.5 Å². The lowest BCUT2D eigenvalue weighted by Gasteiger charge is -2.28. The SMILES string of the molecule is CCCN(CC(C)OC)c1ccccc1N. The molecule has 16 heavy (non-hydrogen) atoms. The molecule has 3 heteroatoms. The average molecular weight is 222 g/mol. The van der Waals surface area contributed by atoms with Gasteiger partial charge in [-0.2, -0.15) is 0 Å². The van der Waals surface area contributed by atoms with Crippen molar-refractivity contribution in [1.29, 1.82) is 0 Å². The molecule has 1 unspecified atom stereocenters. The first-order valence-electron chi connectivity index (χ1n) is 5.81. The van der Waals surface area contributed by atoms with Crippen LogP contribution in [0.4, 0.5) is 11.4 Å². The molecule has 0 saturated heterocycles. The van der Waals surface area contributed by atoms with Crippen LogP contribution in [0.25, 0.3) is 0 Å². The number of benzene rings is 1. The van der Waals surface area contributed by atoms with E-state index in [9.17, 15) is 0 Å². The second-order valence-electron chi connectivity index (χ2n) is 4.05. The Morgan fingerprint density at radius 2 is 2.06 bits per heavy atom. The molecule has 0 aromatic heterocycles. The third-order valence-corrected chi connectivity index (χ3v) is 2.65. The molecule has 1 rings (SSSR count). The molecule has 0 heterocycles. The Labute approximate surface area is 98.2 Å². The van der Waals surface area contributed by atoms with Gasteiger partial charge in [0.1, 0.15) is 0 Å². The summed E-state index contributed by atoms with van der Waals surface area (Å²) in [4.78, 5) is 2.28. The predicted octanol–water partition coefficient (Wildman–Crippen LogP) is 2.52. The Balaban J connectivity index is 2.80. The van der Waals surface area contributed by atoms with Crippen LogP contribution in [0.1, 0.15) is 20.3 Å². The number of hydrogen-bond acceptors (Lipinski definition) is 3. The molecule has 1 atom stereocenters. The maximum Gasteiger partial charge on any atom is 0.0718 e. The van der Waals surface area contributed by atoms with Gasteiger partial charge in [0, 0.05) is 20.2 Å². The first kappa shape index (κ1) is 12.8. The van der Waals surface area contributed by atoms with Crippen molar-refractivity contribution in [1.82, 2.24) is 0 Å². The Bertz CT molecular complexity index is 315. The summed E-state index contributed by atoms with van der Waals surface area (Å²) in [5.74, 6) is 0. The topological polar surface area (TPSA) is 38.5 Å². The highest BCUT2D eigenvalue weighted by Crippen LogP contribution is 2.22. The van der Waals surface area contributed by atoms with Crippen molar-refractivity contribution in [3.05, 3.63) is 24.3 Å². The van der Waals surface area contributed by atoms with E-state index in [4.69, 9.17) is 10.5 Å². The van der Waals surface area contributed by atoms with Gasteiger partial charge < -0.3 is 15.4 Å². The monoisotopic (exact) mass is 222 g/mol. The molecular weight excluding hydrogens is 200 g/mol. The van der Waals surface area contributed by atoms with Crippen LogP contribution in [0, 0.1) is 0 Å². The number of ether oxygens (including phenoxy) is 1. The molecule has 0 aliphatic rings. The van der Waals surface area contributed by atoms with Crippen LogP contribution >= 0.6 is 0 Å². The summed E-state index contributed by atoms with van der Waals surface area (Å²) in [7, 11) is 1.74. The molecule has 0 aliphatic heterocycles. The Morgan fingerprint density at radius 1 is 1.38 bits per heavy atom. The van der Waals surface area contributed by atoms with Gasteiger partial charge in [0.05, 0.1) is 17.5 Å². The molecule has 0 spiro atoms. The van der Waals surface area contributed by atoms with Crippen molar-refractivity contribution < 1.29 is 4.74 Å². The number of nitrogens with zero attached hydrogens (tertiary/aromatic N) is 1. The fourth-order valence-electron chi connectivity index (χ4n) is 1.74. The number of rotatable bonds is 6. The largest absolute Gasteiger partial charge is 0.397 e. The third kappa shape index (κ3) is 3.42. The minimum atomic E-state index is 0.214. The quantitative estimate of drug-likeness (QED) is 0.752. The van der Waals surface area contributed by atoms with Crippen LogP contribution in [-0.2, 0) is 4.74 Å². The highest BCUT2D eigenvalue weighted by molar-refractivity contribution is 5.67. The smallest absolute Gasteiger partial charge is 0.0718 e.